The van der Waals surface area contributed by atoms with Crippen molar-refractivity contribution in [2.75, 3.05) is 26.3 Å². The van der Waals surface area contributed by atoms with Crippen LogP contribution in [0, 0.1) is 3.57 Å². The summed E-state index contributed by atoms with van der Waals surface area (Å²) in [7, 11) is 0. The maximum atomic E-state index is 11.9. The van der Waals surface area contributed by atoms with Crippen LogP contribution in [0.1, 0.15) is 10.4 Å². The van der Waals surface area contributed by atoms with Crippen LogP contribution in [0.4, 0.5) is 0 Å². The van der Waals surface area contributed by atoms with E-state index >= 15 is 0 Å². The number of amides is 1. The molecule has 1 aliphatic rings. The summed E-state index contributed by atoms with van der Waals surface area (Å²) in [6, 6.07) is 5.07. The minimum Gasteiger partial charge on any atom is -0.507 e. The summed E-state index contributed by atoms with van der Waals surface area (Å²) in [5.74, 6) is -0.265. The van der Waals surface area contributed by atoms with Gasteiger partial charge in [0.2, 0.25) is 0 Å². The lowest BCUT2D eigenvalue weighted by Gasteiger charge is -2.24. The van der Waals surface area contributed by atoms with Gasteiger partial charge in [-0.3, -0.25) is 4.79 Å². The third-order valence-electron chi connectivity index (χ3n) is 2.71. The van der Waals surface area contributed by atoms with Gasteiger partial charge in [0.05, 0.1) is 18.8 Å². The summed E-state index contributed by atoms with van der Waals surface area (Å²) in [6.07, 6.45) is 0. The molecule has 2 rings (SSSR count). The number of phenols is 1. The summed E-state index contributed by atoms with van der Waals surface area (Å²) in [5.41, 5.74) is 0.304. The third-order valence-corrected chi connectivity index (χ3v) is 3.38. The van der Waals surface area contributed by atoms with E-state index in [0.717, 1.165) is 10.1 Å². The number of halogens is 1. The molecule has 98 valence electrons. The Morgan fingerprint density at radius 1 is 1.61 bits per heavy atom. The second kappa shape index (κ2) is 6.35. The smallest absolute Gasteiger partial charge is 0.255 e. The minimum absolute atomic E-state index is 0.000712. The van der Waals surface area contributed by atoms with E-state index < -0.39 is 0 Å². The number of phenolic OH excluding ortho intramolecular Hbond substituents is 1. The highest BCUT2D eigenvalue weighted by Crippen LogP contribution is 2.19. The molecule has 18 heavy (non-hydrogen) atoms. The first kappa shape index (κ1) is 13.6. The molecule has 1 saturated heterocycles. The lowest BCUT2D eigenvalue weighted by atomic mass is 10.2. The van der Waals surface area contributed by atoms with E-state index in [4.69, 9.17) is 4.74 Å². The number of aromatic hydroxyl groups is 1. The minimum atomic E-state index is -0.265. The number of rotatable bonds is 3. The average molecular weight is 362 g/mol. The topological polar surface area (TPSA) is 70.6 Å². The van der Waals surface area contributed by atoms with Crippen molar-refractivity contribution in [1.29, 1.82) is 0 Å². The normalized spacial score (nSPS) is 19.5. The van der Waals surface area contributed by atoms with Gasteiger partial charge in [0, 0.05) is 22.7 Å². The van der Waals surface area contributed by atoms with Gasteiger partial charge < -0.3 is 20.5 Å². The van der Waals surface area contributed by atoms with Gasteiger partial charge >= 0.3 is 0 Å². The van der Waals surface area contributed by atoms with E-state index in [1.807, 2.05) is 0 Å². The molecule has 0 aromatic heterocycles. The molecule has 0 aliphatic carbocycles. The zero-order chi connectivity index (χ0) is 13.0. The predicted octanol–water partition coefficient (Wildman–Crippen LogP) is 0.715. The van der Waals surface area contributed by atoms with Crippen molar-refractivity contribution in [1.82, 2.24) is 10.6 Å². The van der Waals surface area contributed by atoms with Crippen molar-refractivity contribution in [2.24, 2.45) is 0 Å². The monoisotopic (exact) mass is 362 g/mol. The van der Waals surface area contributed by atoms with Crippen LogP contribution >= 0.6 is 22.6 Å². The van der Waals surface area contributed by atoms with Crippen molar-refractivity contribution < 1.29 is 14.6 Å². The standard InChI is InChI=1S/C12H15IN2O3/c13-8-1-2-11(16)10(5-8)12(17)15-6-9-7-18-4-3-14-9/h1-2,5,9,14,16H,3-4,6-7H2,(H,15,17). The van der Waals surface area contributed by atoms with Crippen LogP contribution in [0.5, 0.6) is 5.75 Å². The molecule has 3 N–H and O–H groups in total. The molecule has 5 nitrogen and oxygen atoms in total. The van der Waals surface area contributed by atoms with Gasteiger partial charge in [-0.2, -0.15) is 0 Å². The Labute approximate surface area is 119 Å². The molecule has 0 radical (unpaired) electrons. The molecule has 1 heterocycles. The Balaban J connectivity index is 1.92. The van der Waals surface area contributed by atoms with Crippen LogP contribution in [-0.4, -0.2) is 43.4 Å². The number of benzene rings is 1. The van der Waals surface area contributed by atoms with Gasteiger partial charge in [0.15, 0.2) is 0 Å². The first-order chi connectivity index (χ1) is 8.66. The lowest BCUT2D eigenvalue weighted by Crippen LogP contribution is -2.48. The fourth-order valence-electron chi connectivity index (χ4n) is 1.75. The Bertz CT molecular complexity index is 433. The van der Waals surface area contributed by atoms with Crippen molar-refractivity contribution in [3.8, 4) is 5.75 Å². The van der Waals surface area contributed by atoms with Crippen LogP contribution in [0.25, 0.3) is 0 Å². The average Bonchev–Trinajstić information content (AvgIpc) is 2.40. The van der Waals surface area contributed by atoms with E-state index in [2.05, 4.69) is 33.2 Å². The van der Waals surface area contributed by atoms with Crippen LogP contribution in [0.15, 0.2) is 18.2 Å². The first-order valence-electron chi connectivity index (χ1n) is 5.74. The summed E-state index contributed by atoms with van der Waals surface area (Å²) >= 11 is 2.10. The van der Waals surface area contributed by atoms with Crippen LogP contribution in [0.2, 0.25) is 0 Å². The van der Waals surface area contributed by atoms with E-state index in [0.29, 0.717) is 25.3 Å². The third kappa shape index (κ3) is 3.56. The second-order valence-corrected chi connectivity index (χ2v) is 5.34. The highest BCUT2D eigenvalue weighted by Gasteiger charge is 2.16. The highest BCUT2D eigenvalue weighted by atomic mass is 127. The Kier molecular flexibility index (Phi) is 4.79. The van der Waals surface area contributed by atoms with Crippen molar-refractivity contribution >= 4 is 28.5 Å². The van der Waals surface area contributed by atoms with Gasteiger partial charge in [0.25, 0.3) is 5.91 Å². The largest absolute Gasteiger partial charge is 0.507 e. The summed E-state index contributed by atoms with van der Waals surface area (Å²) in [4.78, 5) is 11.9. The molecule has 1 aliphatic heterocycles. The molecule has 1 aromatic carbocycles. The van der Waals surface area contributed by atoms with Crippen molar-refractivity contribution in [2.45, 2.75) is 6.04 Å². The molecule has 6 heteroatoms. The van der Waals surface area contributed by atoms with Crippen molar-refractivity contribution in [3.05, 3.63) is 27.3 Å². The zero-order valence-electron chi connectivity index (χ0n) is 9.78. The van der Waals surface area contributed by atoms with Gasteiger partial charge in [0.1, 0.15) is 5.75 Å². The molecule has 1 aromatic rings. The first-order valence-corrected chi connectivity index (χ1v) is 6.82. The molecule has 1 amide bonds. The molecular weight excluding hydrogens is 347 g/mol. The van der Waals surface area contributed by atoms with Crippen LogP contribution in [0.3, 0.4) is 0 Å². The van der Waals surface area contributed by atoms with Crippen LogP contribution < -0.4 is 10.6 Å². The summed E-state index contributed by atoms with van der Waals surface area (Å²) < 4.78 is 6.21. The quantitative estimate of drug-likeness (QED) is 0.693. The summed E-state index contributed by atoms with van der Waals surface area (Å²) in [6.45, 7) is 2.60. The fourth-order valence-corrected chi connectivity index (χ4v) is 2.24. The molecule has 0 spiro atoms. The molecule has 1 unspecified atom stereocenters. The molecule has 0 saturated carbocycles. The van der Waals surface area contributed by atoms with Gasteiger partial charge in [-0.25, -0.2) is 0 Å². The maximum absolute atomic E-state index is 11.9. The van der Waals surface area contributed by atoms with E-state index in [1.165, 1.54) is 6.07 Å². The number of carbonyl (C=O) groups excluding carboxylic acids is 1. The number of nitrogens with one attached hydrogen (secondary N) is 2. The summed E-state index contributed by atoms with van der Waals surface area (Å²) in [5, 5.41) is 15.7. The Morgan fingerprint density at radius 3 is 3.17 bits per heavy atom. The molecule has 1 fully saturated rings. The number of ether oxygens (including phenoxy) is 1. The SMILES string of the molecule is O=C(NCC1COCCN1)c1cc(I)ccc1O. The molecule has 1 atom stereocenters. The van der Waals surface area contributed by atoms with E-state index in [9.17, 15) is 9.90 Å². The fraction of sp³-hybridized carbons (Fsp3) is 0.417. The van der Waals surface area contributed by atoms with Gasteiger partial charge in [-0.15, -0.1) is 0 Å². The van der Waals surface area contributed by atoms with Crippen LogP contribution in [-0.2, 0) is 4.74 Å². The second-order valence-electron chi connectivity index (χ2n) is 4.10. The van der Waals surface area contributed by atoms with Gasteiger partial charge in [-0.05, 0) is 40.8 Å². The van der Waals surface area contributed by atoms with Gasteiger partial charge in [-0.1, -0.05) is 0 Å². The lowest BCUT2D eigenvalue weighted by molar-refractivity contribution is 0.0734. The number of morpholine rings is 1. The maximum Gasteiger partial charge on any atom is 0.255 e. The zero-order valence-corrected chi connectivity index (χ0v) is 11.9. The molecular formula is C12H15IN2O3. The Hall–Kier alpha value is -0.860. The molecule has 0 bridgehead atoms. The number of hydrogen-bond donors (Lipinski definition) is 3. The predicted molar refractivity (Wildman–Crippen MR) is 75.8 cm³/mol. The van der Waals surface area contributed by atoms with E-state index in [1.54, 1.807) is 12.1 Å². The van der Waals surface area contributed by atoms with Crippen molar-refractivity contribution in [3.63, 3.8) is 0 Å². The van der Waals surface area contributed by atoms with E-state index in [-0.39, 0.29) is 17.7 Å². The Morgan fingerprint density at radius 2 is 2.44 bits per heavy atom. The number of hydrogen-bond acceptors (Lipinski definition) is 4. The number of carbonyl (C=O) groups is 1. The highest BCUT2D eigenvalue weighted by molar-refractivity contribution is 14.1.